The van der Waals surface area contributed by atoms with Gasteiger partial charge in [0, 0.05) is 0 Å². The molecule has 0 aliphatic heterocycles. The Morgan fingerprint density at radius 1 is 0.300 bits per heavy atom. The zero-order valence-electron chi connectivity index (χ0n) is 11.8. The molecule has 0 heteroatoms. The van der Waals surface area contributed by atoms with E-state index in [1.807, 2.05) is 60.8 Å². The highest BCUT2D eigenvalue weighted by Gasteiger charge is 1.88. The van der Waals surface area contributed by atoms with Crippen LogP contribution in [0.5, 0.6) is 0 Å². The van der Waals surface area contributed by atoms with Crippen LogP contribution in [0.3, 0.4) is 0 Å². The average Bonchev–Trinajstić information content (AvgIpc) is 2.43. The summed E-state index contributed by atoms with van der Waals surface area (Å²) in [6, 6.07) is 0. The summed E-state index contributed by atoms with van der Waals surface area (Å²) in [4.78, 5) is 0. The number of hydrogen-bond acceptors (Lipinski definition) is 0. The van der Waals surface area contributed by atoms with Gasteiger partial charge in [-0.15, -0.1) is 0 Å². The van der Waals surface area contributed by atoms with Crippen LogP contribution in [0.1, 0.15) is 0 Å². The smallest absolute Gasteiger partial charge is 0.0328 e. The van der Waals surface area contributed by atoms with Crippen LogP contribution < -0.4 is 0 Å². The van der Waals surface area contributed by atoms with Crippen LogP contribution in [0, 0.1) is 0 Å². The van der Waals surface area contributed by atoms with E-state index in [9.17, 15) is 0 Å². The maximum Gasteiger partial charge on any atom is -0.0328 e. The van der Waals surface area contributed by atoms with Gasteiger partial charge in [0.2, 0.25) is 0 Å². The molecule has 0 spiro atoms. The Labute approximate surface area is 122 Å². The molecule has 1 aliphatic carbocycles. The van der Waals surface area contributed by atoms with E-state index in [0.717, 1.165) is 27.9 Å². The highest BCUT2D eigenvalue weighted by molar-refractivity contribution is 5.44. The molecule has 100 valence electrons. The normalized spacial score (nSPS) is 25.5. The molecular formula is C20H20. The minimum absolute atomic E-state index is 0.889. The first-order valence-corrected chi connectivity index (χ1v) is 6.32. The minimum Gasteiger partial charge on any atom is -0.0918 e. The van der Waals surface area contributed by atoms with Gasteiger partial charge in [-0.05, 0) is 27.9 Å². The Balaban J connectivity index is 3.04. The standard InChI is InChI=1S/C20H20/c1-16-6-8-17(2)10-12-19(4)14-15-20(5)13-11-18(3)9-7-16/h6-15H,1-5H2/b8-6-,9-7-,12-10-,13-11-,15-14-. The summed E-state index contributed by atoms with van der Waals surface area (Å²) in [5.41, 5.74) is 4.44. The molecule has 1 aliphatic rings. The zero-order chi connectivity index (χ0) is 15.0. The first-order chi connectivity index (χ1) is 9.47. The molecule has 0 saturated heterocycles. The van der Waals surface area contributed by atoms with Crippen molar-refractivity contribution in [2.75, 3.05) is 0 Å². The van der Waals surface area contributed by atoms with Gasteiger partial charge in [-0.1, -0.05) is 93.7 Å². The fourth-order valence-corrected chi connectivity index (χ4v) is 1.35. The summed E-state index contributed by atoms with van der Waals surface area (Å²) in [7, 11) is 0. The highest BCUT2D eigenvalue weighted by Crippen LogP contribution is 2.09. The van der Waals surface area contributed by atoms with Crippen molar-refractivity contribution in [1.29, 1.82) is 0 Å². The van der Waals surface area contributed by atoms with Crippen LogP contribution in [0.4, 0.5) is 0 Å². The molecule has 0 unspecified atom stereocenters. The van der Waals surface area contributed by atoms with Gasteiger partial charge >= 0.3 is 0 Å². The zero-order valence-corrected chi connectivity index (χ0v) is 11.8. The third-order valence-corrected chi connectivity index (χ3v) is 2.56. The molecule has 1 rings (SSSR count). The Kier molecular flexibility index (Phi) is 5.99. The van der Waals surface area contributed by atoms with Gasteiger partial charge in [0.05, 0.1) is 0 Å². The Hall–Kier alpha value is -2.60. The van der Waals surface area contributed by atoms with E-state index < -0.39 is 0 Å². The molecule has 0 N–H and O–H groups in total. The summed E-state index contributed by atoms with van der Waals surface area (Å²) < 4.78 is 0. The molecule has 0 atom stereocenters. The Morgan fingerprint density at radius 2 is 0.400 bits per heavy atom. The summed E-state index contributed by atoms with van der Waals surface area (Å²) in [6.45, 7) is 19.7. The maximum absolute atomic E-state index is 3.95. The van der Waals surface area contributed by atoms with E-state index in [0.29, 0.717) is 0 Å². The lowest BCUT2D eigenvalue weighted by Crippen LogP contribution is -1.72. The molecule has 0 amide bonds. The molecule has 0 radical (unpaired) electrons. The third kappa shape index (κ3) is 6.36. The van der Waals surface area contributed by atoms with E-state index in [-0.39, 0.29) is 0 Å². The molecule has 20 heavy (non-hydrogen) atoms. The molecule has 0 bridgehead atoms. The van der Waals surface area contributed by atoms with E-state index in [2.05, 4.69) is 32.9 Å². The van der Waals surface area contributed by atoms with Gasteiger partial charge in [-0.3, -0.25) is 0 Å². The number of hydrogen-bond donors (Lipinski definition) is 0. The first kappa shape index (κ1) is 15.5. The summed E-state index contributed by atoms with van der Waals surface area (Å²) in [5, 5.41) is 0. The van der Waals surface area contributed by atoms with Crippen molar-refractivity contribution in [2.24, 2.45) is 0 Å². The Bertz CT molecular complexity index is 428. The van der Waals surface area contributed by atoms with Gasteiger partial charge in [0.15, 0.2) is 0 Å². The second-order valence-corrected chi connectivity index (χ2v) is 4.54. The van der Waals surface area contributed by atoms with E-state index >= 15 is 0 Å². The van der Waals surface area contributed by atoms with E-state index in [4.69, 9.17) is 0 Å². The quantitative estimate of drug-likeness (QED) is 0.534. The number of rotatable bonds is 0. The van der Waals surface area contributed by atoms with Crippen LogP contribution in [0.15, 0.2) is 122 Å². The van der Waals surface area contributed by atoms with E-state index in [1.54, 1.807) is 0 Å². The van der Waals surface area contributed by atoms with Crippen molar-refractivity contribution in [2.45, 2.75) is 0 Å². The fourth-order valence-electron chi connectivity index (χ4n) is 1.35. The molecule has 0 fully saturated rings. The maximum atomic E-state index is 3.95. The molecule has 0 aromatic rings. The minimum atomic E-state index is 0.889. The van der Waals surface area contributed by atoms with Gasteiger partial charge in [-0.25, -0.2) is 0 Å². The van der Waals surface area contributed by atoms with Crippen molar-refractivity contribution in [1.82, 2.24) is 0 Å². The van der Waals surface area contributed by atoms with Crippen molar-refractivity contribution in [3.63, 3.8) is 0 Å². The fraction of sp³-hybridized carbons (Fsp3) is 0. The SMILES string of the molecule is C=C1/C=C\C(=C)/C=C\C(=C)/C=C\C(=C)/C=C\C(=C)/C=C\1. The lowest BCUT2D eigenvalue weighted by atomic mass is 10.1. The van der Waals surface area contributed by atoms with Gasteiger partial charge in [0.1, 0.15) is 0 Å². The molecular weight excluding hydrogens is 240 g/mol. The lowest BCUT2D eigenvalue weighted by molar-refractivity contribution is 1.63. The summed E-state index contributed by atoms with van der Waals surface area (Å²) in [6.07, 6.45) is 19.1. The largest absolute Gasteiger partial charge is 0.0918 e. The van der Waals surface area contributed by atoms with Gasteiger partial charge in [0.25, 0.3) is 0 Å². The summed E-state index contributed by atoms with van der Waals surface area (Å²) >= 11 is 0. The lowest BCUT2D eigenvalue weighted by Gasteiger charge is -1.93. The van der Waals surface area contributed by atoms with Crippen molar-refractivity contribution in [3.05, 3.63) is 122 Å². The van der Waals surface area contributed by atoms with Crippen LogP contribution in [0.25, 0.3) is 0 Å². The second kappa shape index (κ2) is 7.75. The number of allylic oxidation sites excluding steroid dienone is 15. The molecule has 0 saturated carbocycles. The van der Waals surface area contributed by atoms with Crippen molar-refractivity contribution >= 4 is 0 Å². The van der Waals surface area contributed by atoms with E-state index in [1.165, 1.54) is 0 Å². The van der Waals surface area contributed by atoms with Gasteiger partial charge in [-0.2, -0.15) is 0 Å². The monoisotopic (exact) mass is 260 g/mol. The van der Waals surface area contributed by atoms with Crippen LogP contribution in [0.2, 0.25) is 0 Å². The van der Waals surface area contributed by atoms with Crippen LogP contribution in [-0.2, 0) is 0 Å². The van der Waals surface area contributed by atoms with Gasteiger partial charge < -0.3 is 0 Å². The molecule has 0 heterocycles. The predicted molar refractivity (Wildman–Crippen MR) is 91.4 cm³/mol. The third-order valence-electron chi connectivity index (χ3n) is 2.56. The average molecular weight is 260 g/mol. The predicted octanol–water partition coefficient (Wildman–Crippen LogP) is 5.56. The molecule has 0 nitrogen and oxygen atoms in total. The summed E-state index contributed by atoms with van der Waals surface area (Å²) in [5.74, 6) is 0. The van der Waals surface area contributed by atoms with Crippen molar-refractivity contribution in [3.8, 4) is 0 Å². The Morgan fingerprint density at radius 3 is 0.500 bits per heavy atom. The second-order valence-electron chi connectivity index (χ2n) is 4.54. The first-order valence-electron chi connectivity index (χ1n) is 6.32. The van der Waals surface area contributed by atoms with Crippen LogP contribution in [-0.4, -0.2) is 0 Å². The highest BCUT2D eigenvalue weighted by atomic mass is 13.9. The topological polar surface area (TPSA) is 0 Å². The molecule has 0 aromatic heterocycles. The van der Waals surface area contributed by atoms with Crippen molar-refractivity contribution < 1.29 is 0 Å². The van der Waals surface area contributed by atoms with Crippen LogP contribution >= 0.6 is 0 Å². The molecule has 0 aromatic carbocycles.